The van der Waals surface area contributed by atoms with Crippen LogP contribution in [-0.4, -0.2) is 25.9 Å². The lowest BCUT2D eigenvalue weighted by molar-refractivity contribution is 0.102. The third-order valence-corrected chi connectivity index (χ3v) is 4.97. The molecule has 3 aromatic rings. The average molecular weight is 390 g/mol. The highest BCUT2D eigenvalue weighted by atomic mass is 35.5. The molecule has 0 radical (unpaired) electrons. The van der Waals surface area contributed by atoms with Crippen molar-refractivity contribution in [1.82, 2.24) is 20.0 Å². The van der Waals surface area contributed by atoms with E-state index in [-0.39, 0.29) is 11.8 Å². The molecule has 0 spiro atoms. The van der Waals surface area contributed by atoms with Gasteiger partial charge in [-0.2, -0.15) is 5.10 Å². The molecule has 0 fully saturated rings. The maximum atomic E-state index is 12.8. The Morgan fingerprint density at radius 1 is 1.27 bits per heavy atom. The zero-order chi connectivity index (χ0) is 18.7. The van der Waals surface area contributed by atoms with Crippen molar-refractivity contribution in [2.45, 2.75) is 39.5 Å². The number of carbonyl (C=O) groups excluding carboxylic acids is 1. The van der Waals surface area contributed by atoms with Crippen LogP contribution in [0.3, 0.4) is 0 Å². The number of hydrogen-bond acceptors (Lipinski definition) is 5. The van der Waals surface area contributed by atoms with Crippen LogP contribution in [0.1, 0.15) is 54.2 Å². The number of carbonyl (C=O) groups is 1. The first kappa shape index (κ1) is 18.5. The maximum Gasteiger partial charge on any atom is 0.260 e. The van der Waals surface area contributed by atoms with E-state index in [0.717, 1.165) is 29.2 Å². The first-order valence-corrected chi connectivity index (χ1v) is 9.66. The van der Waals surface area contributed by atoms with Crippen molar-refractivity contribution in [1.29, 1.82) is 0 Å². The number of aromatic nitrogens is 4. The Morgan fingerprint density at radius 3 is 2.65 bits per heavy atom. The van der Waals surface area contributed by atoms with E-state index in [1.165, 1.54) is 11.3 Å². The van der Waals surface area contributed by atoms with Crippen molar-refractivity contribution in [3.05, 3.63) is 51.7 Å². The Morgan fingerprint density at radius 2 is 2.00 bits per heavy atom. The number of rotatable bonds is 6. The molecule has 0 aliphatic carbocycles. The molecule has 1 amide bonds. The monoisotopic (exact) mass is 389 g/mol. The van der Waals surface area contributed by atoms with Crippen LogP contribution in [0.5, 0.6) is 0 Å². The summed E-state index contributed by atoms with van der Waals surface area (Å²) in [6.45, 7) is 6.15. The standard InChI is InChI=1S/C18H20ClN5OS/c1-4-5-15-22-23-18(26-15)21-17(25)14-10-20-24(16(14)11(2)3)13-8-6-12(19)7-9-13/h6-11H,4-5H2,1-3H3,(H,21,23,25). The maximum absolute atomic E-state index is 12.8. The summed E-state index contributed by atoms with van der Waals surface area (Å²) in [5.41, 5.74) is 2.23. The number of hydrogen-bond donors (Lipinski definition) is 1. The van der Waals surface area contributed by atoms with Gasteiger partial charge in [0.2, 0.25) is 5.13 Å². The van der Waals surface area contributed by atoms with E-state index in [0.29, 0.717) is 15.7 Å². The van der Waals surface area contributed by atoms with Gasteiger partial charge >= 0.3 is 0 Å². The summed E-state index contributed by atoms with van der Waals surface area (Å²) in [4.78, 5) is 12.8. The van der Waals surface area contributed by atoms with Gasteiger partial charge in [0, 0.05) is 11.4 Å². The molecule has 0 unspecified atom stereocenters. The fourth-order valence-corrected chi connectivity index (χ4v) is 3.62. The number of halogens is 1. The minimum atomic E-state index is -0.229. The summed E-state index contributed by atoms with van der Waals surface area (Å²) in [5, 5.41) is 17.5. The molecule has 2 aromatic heterocycles. The van der Waals surface area contributed by atoms with Gasteiger partial charge < -0.3 is 0 Å². The Kier molecular flexibility index (Phi) is 5.68. The fourth-order valence-electron chi connectivity index (χ4n) is 2.66. The van der Waals surface area contributed by atoms with Crippen LogP contribution in [0.25, 0.3) is 5.69 Å². The molecular formula is C18H20ClN5OS. The minimum absolute atomic E-state index is 0.110. The molecule has 0 bridgehead atoms. The zero-order valence-corrected chi connectivity index (χ0v) is 16.4. The van der Waals surface area contributed by atoms with E-state index in [1.807, 2.05) is 26.0 Å². The van der Waals surface area contributed by atoms with Gasteiger partial charge in [0.15, 0.2) is 0 Å². The fraction of sp³-hybridized carbons (Fsp3) is 0.333. The van der Waals surface area contributed by atoms with E-state index in [9.17, 15) is 4.79 Å². The Bertz CT molecular complexity index is 901. The lowest BCUT2D eigenvalue weighted by Gasteiger charge is -2.12. The molecule has 0 aliphatic rings. The van der Waals surface area contributed by atoms with Crippen molar-refractivity contribution in [3.8, 4) is 5.69 Å². The third kappa shape index (κ3) is 3.94. The van der Waals surface area contributed by atoms with Gasteiger partial charge in [0.1, 0.15) is 5.01 Å². The Labute approximate surface area is 161 Å². The number of anilines is 1. The lowest BCUT2D eigenvalue weighted by Crippen LogP contribution is -2.15. The number of nitrogens with zero attached hydrogens (tertiary/aromatic N) is 4. The Balaban J connectivity index is 1.89. The molecule has 136 valence electrons. The van der Waals surface area contributed by atoms with Crippen LogP contribution >= 0.6 is 22.9 Å². The second-order valence-electron chi connectivity index (χ2n) is 6.19. The lowest BCUT2D eigenvalue weighted by atomic mass is 10.1. The molecule has 0 saturated heterocycles. The highest BCUT2D eigenvalue weighted by Crippen LogP contribution is 2.25. The highest BCUT2D eigenvalue weighted by molar-refractivity contribution is 7.15. The van der Waals surface area contributed by atoms with E-state index < -0.39 is 0 Å². The first-order valence-electron chi connectivity index (χ1n) is 8.47. The predicted octanol–water partition coefficient (Wildman–Crippen LogP) is 4.71. The van der Waals surface area contributed by atoms with Gasteiger partial charge in [0.25, 0.3) is 5.91 Å². The number of aryl methyl sites for hydroxylation is 1. The van der Waals surface area contributed by atoms with Crippen LogP contribution in [0.4, 0.5) is 5.13 Å². The van der Waals surface area contributed by atoms with Crippen LogP contribution in [-0.2, 0) is 6.42 Å². The molecular weight excluding hydrogens is 370 g/mol. The molecule has 26 heavy (non-hydrogen) atoms. The Hall–Kier alpha value is -2.25. The summed E-state index contributed by atoms with van der Waals surface area (Å²) in [5.74, 6) is -0.118. The van der Waals surface area contributed by atoms with Crippen molar-refractivity contribution >= 4 is 34.0 Å². The van der Waals surface area contributed by atoms with Crippen LogP contribution in [0, 0.1) is 0 Å². The normalized spacial score (nSPS) is 11.1. The second-order valence-corrected chi connectivity index (χ2v) is 7.69. The third-order valence-electron chi connectivity index (χ3n) is 3.82. The second kappa shape index (κ2) is 7.97. The smallest absolute Gasteiger partial charge is 0.260 e. The highest BCUT2D eigenvalue weighted by Gasteiger charge is 2.22. The van der Waals surface area contributed by atoms with Crippen LogP contribution in [0.15, 0.2) is 30.5 Å². The van der Waals surface area contributed by atoms with Crippen molar-refractivity contribution < 1.29 is 4.79 Å². The molecule has 8 heteroatoms. The SMILES string of the molecule is CCCc1nnc(NC(=O)c2cnn(-c3ccc(Cl)cc3)c2C(C)C)s1. The zero-order valence-electron chi connectivity index (χ0n) is 14.9. The largest absolute Gasteiger partial charge is 0.296 e. The van der Waals surface area contributed by atoms with Crippen molar-refractivity contribution in [2.24, 2.45) is 0 Å². The van der Waals surface area contributed by atoms with E-state index in [4.69, 9.17) is 11.6 Å². The summed E-state index contributed by atoms with van der Waals surface area (Å²) in [6.07, 6.45) is 3.44. The van der Waals surface area contributed by atoms with E-state index in [2.05, 4.69) is 27.5 Å². The van der Waals surface area contributed by atoms with Gasteiger partial charge in [0.05, 0.1) is 23.1 Å². The van der Waals surface area contributed by atoms with Crippen molar-refractivity contribution in [2.75, 3.05) is 5.32 Å². The van der Waals surface area contributed by atoms with Gasteiger partial charge in [-0.05, 0) is 36.6 Å². The van der Waals surface area contributed by atoms with Gasteiger partial charge in [-0.25, -0.2) is 4.68 Å². The molecule has 2 heterocycles. The molecule has 3 rings (SSSR count). The van der Waals surface area contributed by atoms with Crippen molar-refractivity contribution in [3.63, 3.8) is 0 Å². The van der Waals surface area contributed by atoms with Crippen LogP contribution < -0.4 is 5.32 Å². The summed E-state index contributed by atoms with van der Waals surface area (Å²) in [7, 11) is 0. The molecule has 0 saturated carbocycles. The molecule has 1 aromatic carbocycles. The predicted molar refractivity (Wildman–Crippen MR) is 105 cm³/mol. The number of amides is 1. The average Bonchev–Trinajstić information content (AvgIpc) is 3.23. The van der Waals surface area contributed by atoms with E-state index >= 15 is 0 Å². The van der Waals surface area contributed by atoms with Crippen LogP contribution in [0.2, 0.25) is 5.02 Å². The molecule has 0 atom stereocenters. The summed E-state index contributed by atoms with van der Waals surface area (Å²) >= 11 is 7.37. The summed E-state index contributed by atoms with van der Waals surface area (Å²) in [6, 6.07) is 7.37. The number of benzene rings is 1. The quantitative estimate of drug-likeness (QED) is 0.662. The first-order chi connectivity index (χ1) is 12.5. The topological polar surface area (TPSA) is 72.7 Å². The number of nitrogens with one attached hydrogen (secondary N) is 1. The van der Waals surface area contributed by atoms with Gasteiger partial charge in [-0.1, -0.05) is 43.7 Å². The molecule has 6 nitrogen and oxygen atoms in total. The molecule has 1 N–H and O–H groups in total. The minimum Gasteiger partial charge on any atom is -0.296 e. The van der Waals surface area contributed by atoms with Gasteiger partial charge in [-0.3, -0.25) is 10.1 Å². The summed E-state index contributed by atoms with van der Waals surface area (Å²) < 4.78 is 1.78. The van der Waals surface area contributed by atoms with E-state index in [1.54, 1.807) is 23.0 Å². The van der Waals surface area contributed by atoms with Gasteiger partial charge in [-0.15, -0.1) is 10.2 Å². The molecule has 0 aliphatic heterocycles.